The van der Waals surface area contributed by atoms with Gasteiger partial charge in [-0.2, -0.15) is 4.31 Å². The van der Waals surface area contributed by atoms with Gasteiger partial charge < -0.3 is 5.73 Å². The Bertz CT molecular complexity index is 912. The average molecular weight is 401 g/mol. The molecule has 1 aromatic heterocycles. The molecule has 0 spiro atoms. The van der Waals surface area contributed by atoms with Crippen LogP contribution in [0.2, 0.25) is 0 Å². The number of benzene rings is 1. The number of piperidine rings is 1. The average Bonchev–Trinajstić information content (AvgIpc) is 2.60. The van der Waals surface area contributed by atoms with Gasteiger partial charge in [0.05, 0.1) is 15.8 Å². The molecule has 1 saturated heterocycles. The third-order valence-electron chi connectivity index (χ3n) is 4.77. The summed E-state index contributed by atoms with van der Waals surface area (Å²) in [7, 11) is -3.77. The molecule has 1 unspecified atom stereocenters. The number of sulfonamides is 1. The molecule has 142 valence electrons. The van der Waals surface area contributed by atoms with E-state index in [9.17, 15) is 18.5 Å². The molecule has 1 atom stereocenters. The minimum Gasteiger partial charge on any atom is -0.328 e. The van der Waals surface area contributed by atoms with E-state index in [0.29, 0.717) is 31.8 Å². The van der Waals surface area contributed by atoms with Crippen molar-refractivity contribution in [3.63, 3.8) is 0 Å². The first-order valence-corrected chi connectivity index (χ1v) is 9.54. The summed E-state index contributed by atoms with van der Waals surface area (Å²) in [6.45, 7) is 2.71. The summed E-state index contributed by atoms with van der Waals surface area (Å²) in [4.78, 5) is 14.8. The minimum atomic E-state index is -3.77. The molecule has 2 N–H and O–H groups in total. The summed E-state index contributed by atoms with van der Waals surface area (Å²) in [6, 6.07) is 5.61. The molecule has 1 aliphatic heterocycles. The van der Waals surface area contributed by atoms with E-state index in [-0.39, 0.29) is 39.9 Å². The number of halogens is 1. The molecule has 0 saturated carbocycles. The normalized spacial score (nSPS) is 17.6. The first kappa shape index (κ1) is 20.5. The molecule has 3 rings (SSSR count). The molecule has 1 aliphatic rings. The van der Waals surface area contributed by atoms with Gasteiger partial charge in [0, 0.05) is 31.4 Å². The van der Waals surface area contributed by atoms with Crippen LogP contribution >= 0.6 is 12.4 Å². The Balaban J connectivity index is 0.00000243. The Morgan fingerprint density at radius 1 is 1.31 bits per heavy atom. The van der Waals surface area contributed by atoms with Gasteiger partial charge in [-0.25, -0.2) is 8.42 Å². The van der Waals surface area contributed by atoms with Crippen LogP contribution in [-0.4, -0.2) is 41.8 Å². The maximum absolute atomic E-state index is 13.0. The summed E-state index contributed by atoms with van der Waals surface area (Å²) in [5, 5.41) is 11.4. The fraction of sp³-hybridized carbons (Fsp3) is 0.438. The molecule has 0 radical (unpaired) electrons. The largest absolute Gasteiger partial charge is 0.328 e. The van der Waals surface area contributed by atoms with Crippen molar-refractivity contribution in [3.05, 3.63) is 40.6 Å². The van der Waals surface area contributed by atoms with Crippen molar-refractivity contribution in [2.45, 2.75) is 30.7 Å². The van der Waals surface area contributed by atoms with Gasteiger partial charge in [-0.1, -0.05) is 0 Å². The van der Waals surface area contributed by atoms with E-state index in [1.165, 1.54) is 28.7 Å². The Morgan fingerprint density at radius 2 is 1.96 bits per heavy atom. The van der Waals surface area contributed by atoms with Gasteiger partial charge in [0.25, 0.3) is 5.69 Å². The van der Waals surface area contributed by atoms with Crippen LogP contribution in [0.1, 0.15) is 19.8 Å². The second-order valence-electron chi connectivity index (χ2n) is 6.34. The quantitative estimate of drug-likeness (QED) is 0.621. The van der Waals surface area contributed by atoms with E-state index >= 15 is 0 Å². The number of pyridine rings is 1. The monoisotopic (exact) mass is 400 g/mol. The summed E-state index contributed by atoms with van der Waals surface area (Å²) in [5.74, 6) is 0.304. The molecular weight excluding hydrogens is 380 g/mol. The third kappa shape index (κ3) is 3.66. The third-order valence-corrected chi connectivity index (χ3v) is 6.70. The van der Waals surface area contributed by atoms with Crippen molar-refractivity contribution in [1.82, 2.24) is 9.29 Å². The minimum absolute atomic E-state index is 0. The van der Waals surface area contributed by atoms with Gasteiger partial charge in [-0.3, -0.25) is 15.1 Å². The highest BCUT2D eigenvalue weighted by Crippen LogP contribution is 2.32. The lowest BCUT2D eigenvalue weighted by Crippen LogP contribution is -2.42. The molecule has 1 fully saturated rings. The topological polar surface area (TPSA) is 119 Å². The van der Waals surface area contributed by atoms with Crippen LogP contribution < -0.4 is 5.73 Å². The maximum Gasteiger partial charge on any atom is 0.278 e. The van der Waals surface area contributed by atoms with Crippen LogP contribution in [-0.2, 0) is 10.0 Å². The van der Waals surface area contributed by atoms with Crippen molar-refractivity contribution in [2.24, 2.45) is 11.7 Å². The number of hydrogen-bond donors (Lipinski definition) is 1. The second-order valence-corrected chi connectivity index (χ2v) is 8.25. The Labute approximate surface area is 158 Å². The van der Waals surface area contributed by atoms with Gasteiger partial charge in [0.1, 0.15) is 4.90 Å². The molecule has 26 heavy (non-hydrogen) atoms. The molecule has 8 nitrogen and oxygen atoms in total. The SMILES string of the molecule is CC(N)C1CCN(S(=O)(=O)c2ccc([N+](=O)[O-])c3cccnc23)CC1.Cl. The number of fused-ring (bicyclic) bond motifs is 1. The number of nitrogens with two attached hydrogens (primary N) is 1. The second kappa shape index (κ2) is 7.83. The Hall–Kier alpha value is -1.81. The number of rotatable bonds is 4. The van der Waals surface area contributed by atoms with Crippen molar-refractivity contribution < 1.29 is 13.3 Å². The van der Waals surface area contributed by atoms with Crippen molar-refractivity contribution in [2.75, 3.05) is 13.1 Å². The number of hydrogen-bond acceptors (Lipinski definition) is 6. The molecule has 0 amide bonds. The van der Waals surface area contributed by atoms with Gasteiger partial charge in [0.2, 0.25) is 10.0 Å². The first-order chi connectivity index (χ1) is 11.8. The fourth-order valence-electron chi connectivity index (χ4n) is 3.28. The van der Waals surface area contributed by atoms with Crippen LogP contribution in [0, 0.1) is 16.0 Å². The standard InChI is InChI=1S/C16H20N4O4S.ClH/c1-11(17)12-6-9-19(10-7-12)25(23,24)15-5-4-14(20(21)22)13-3-2-8-18-16(13)15;/h2-5,8,11-12H,6-7,9-10,17H2,1H3;1H. The summed E-state index contributed by atoms with van der Waals surface area (Å²) in [5.41, 5.74) is 5.89. The first-order valence-electron chi connectivity index (χ1n) is 8.10. The number of nitro groups is 1. The predicted octanol–water partition coefficient (Wildman–Crippen LogP) is 2.31. The van der Waals surface area contributed by atoms with Crippen LogP contribution in [0.5, 0.6) is 0 Å². The van der Waals surface area contributed by atoms with E-state index in [2.05, 4.69) is 4.98 Å². The van der Waals surface area contributed by atoms with E-state index in [4.69, 9.17) is 5.73 Å². The van der Waals surface area contributed by atoms with Gasteiger partial charge in [-0.05, 0) is 43.9 Å². The zero-order valence-corrected chi connectivity index (χ0v) is 15.9. The lowest BCUT2D eigenvalue weighted by atomic mass is 9.92. The highest BCUT2D eigenvalue weighted by Gasteiger charge is 2.32. The summed E-state index contributed by atoms with van der Waals surface area (Å²) >= 11 is 0. The van der Waals surface area contributed by atoms with E-state index < -0.39 is 14.9 Å². The zero-order chi connectivity index (χ0) is 18.2. The number of nitrogens with zero attached hydrogens (tertiary/aromatic N) is 3. The number of aromatic nitrogens is 1. The highest BCUT2D eigenvalue weighted by atomic mass is 35.5. The van der Waals surface area contributed by atoms with Gasteiger partial charge in [0.15, 0.2) is 0 Å². The van der Waals surface area contributed by atoms with Gasteiger partial charge >= 0.3 is 0 Å². The smallest absolute Gasteiger partial charge is 0.278 e. The van der Waals surface area contributed by atoms with E-state index in [1.54, 1.807) is 6.07 Å². The van der Waals surface area contributed by atoms with E-state index in [1.807, 2.05) is 6.92 Å². The predicted molar refractivity (Wildman–Crippen MR) is 101 cm³/mol. The lowest BCUT2D eigenvalue weighted by molar-refractivity contribution is -0.383. The lowest BCUT2D eigenvalue weighted by Gasteiger charge is -2.33. The summed E-state index contributed by atoms with van der Waals surface area (Å²) < 4.78 is 27.5. The maximum atomic E-state index is 13.0. The van der Waals surface area contributed by atoms with Crippen LogP contribution in [0.25, 0.3) is 10.9 Å². The number of nitro benzene ring substituents is 1. The molecule has 2 heterocycles. The summed E-state index contributed by atoms with van der Waals surface area (Å²) in [6.07, 6.45) is 2.85. The van der Waals surface area contributed by atoms with Crippen LogP contribution in [0.4, 0.5) is 5.69 Å². The zero-order valence-electron chi connectivity index (χ0n) is 14.2. The van der Waals surface area contributed by atoms with Crippen LogP contribution in [0.15, 0.2) is 35.4 Å². The highest BCUT2D eigenvalue weighted by molar-refractivity contribution is 7.89. The Morgan fingerprint density at radius 3 is 2.54 bits per heavy atom. The van der Waals surface area contributed by atoms with Crippen LogP contribution in [0.3, 0.4) is 0 Å². The number of non-ortho nitro benzene ring substituents is 1. The fourth-order valence-corrected chi connectivity index (χ4v) is 4.90. The van der Waals surface area contributed by atoms with Crippen molar-refractivity contribution in [1.29, 1.82) is 0 Å². The van der Waals surface area contributed by atoms with Crippen molar-refractivity contribution in [3.8, 4) is 0 Å². The molecular formula is C16H21ClN4O4S. The molecule has 0 bridgehead atoms. The van der Waals surface area contributed by atoms with E-state index in [0.717, 1.165) is 0 Å². The molecule has 10 heteroatoms. The van der Waals surface area contributed by atoms with Crippen molar-refractivity contribution >= 4 is 39.0 Å². The molecule has 2 aromatic rings. The Kier molecular flexibility index (Phi) is 6.17. The molecule has 0 aliphatic carbocycles. The molecule has 1 aromatic carbocycles. The van der Waals surface area contributed by atoms with Gasteiger partial charge in [-0.15, -0.1) is 12.4 Å².